The maximum atomic E-state index is 11.2. The first-order valence-electron chi connectivity index (χ1n) is 5.97. The van der Waals surface area contributed by atoms with Crippen LogP contribution < -0.4 is 0 Å². The third-order valence-corrected chi connectivity index (χ3v) is 2.76. The lowest BCUT2D eigenvalue weighted by Gasteiger charge is -2.04. The Kier molecular flexibility index (Phi) is 4.11. The van der Waals surface area contributed by atoms with Gasteiger partial charge in [0.25, 0.3) is 5.91 Å². The number of hydrogen-bond acceptors (Lipinski definition) is 2. The number of likely N-dealkylation sites (N-methyl/N-ethyl adjacent to an activating group) is 1. The van der Waals surface area contributed by atoms with Crippen LogP contribution in [0.5, 0.6) is 0 Å². The molecule has 3 nitrogen and oxygen atoms in total. The average molecular weight is 253 g/mol. The zero-order valence-corrected chi connectivity index (χ0v) is 10.7. The van der Waals surface area contributed by atoms with E-state index in [4.69, 9.17) is 5.21 Å². The van der Waals surface area contributed by atoms with Crippen molar-refractivity contribution in [1.29, 1.82) is 0 Å². The quantitative estimate of drug-likeness (QED) is 0.518. The standard InChI is InChI=1S/C16H15NO2/c1-17(19)16(18)12-9-13-7-10-15(11-8-13)14-5-3-2-4-6-14/h2-12,19H,1H3. The van der Waals surface area contributed by atoms with Crippen molar-refractivity contribution in [3.05, 3.63) is 66.2 Å². The largest absolute Gasteiger partial charge is 0.286 e. The second-order valence-corrected chi connectivity index (χ2v) is 4.18. The molecule has 3 heteroatoms. The van der Waals surface area contributed by atoms with Crippen molar-refractivity contribution >= 4 is 12.0 Å². The Bertz CT molecular complexity index is 571. The molecule has 0 aliphatic carbocycles. The van der Waals surface area contributed by atoms with Gasteiger partial charge < -0.3 is 0 Å². The summed E-state index contributed by atoms with van der Waals surface area (Å²) in [6.07, 6.45) is 3.00. The lowest BCUT2D eigenvalue weighted by Crippen LogP contribution is -2.19. The molecule has 0 aromatic heterocycles. The Labute approximate surface area is 112 Å². The van der Waals surface area contributed by atoms with Crippen molar-refractivity contribution < 1.29 is 10.0 Å². The van der Waals surface area contributed by atoms with Gasteiger partial charge in [0.1, 0.15) is 0 Å². The summed E-state index contributed by atoms with van der Waals surface area (Å²) in [7, 11) is 1.30. The van der Waals surface area contributed by atoms with E-state index in [1.807, 2.05) is 42.5 Å². The van der Waals surface area contributed by atoms with Gasteiger partial charge in [-0.3, -0.25) is 10.0 Å². The molecule has 96 valence electrons. The topological polar surface area (TPSA) is 40.5 Å². The van der Waals surface area contributed by atoms with Gasteiger partial charge in [0.15, 0.2) is 0 Å². The number of hydrogen-bond donors (Lipinski definition) is 1. The number of carbonyl (C=O) groups excluding carboxylic acids is 1. The van der Waals surface area contributed by atoms with Crippen LogP contribution in [-0.2, 0) is 4.79 Å². The van der Waals surface area contributed by atoms with Gasteiger partial charge in [0.05, 0.1) is 0 Å². The Morgan fingerprint density at radius 1 is 1.00 bits per heavy atom. The van der Waals surface area contributed by atoms with Crippen LogP contribution in [-0.4, -0.2) is 23.2 Å². The number of hydroxylamine groups is 2. The third-order valence-electron chi connectivity index (χ3n) is 2.76. The van der Waals surface area contributed by atoms with E-state index in [0.717, 1.165) is 16.7 Å². The number of benzene rings is 2. The molecule has 1 amide bonds. The summed E-state index contributed by atoms with van der Waals surface area (Å²) in [4.78, 5) is 11.2. The van der Waals surface area contributed by atoms with Crippen LogP contribution in [0, 0.1) is 0 Å². The highest BCUT2D eigenvalue weighted by Gasteiger charge is 1.99. The first-order valence-corrected chi connectivity index (χ1v) is 5.97. The lowest BCUT2D eigenvalue weighted by molar-refractivity contribution is -0.153. The summed E-state index contributed by atoms with van der Waals surface area (Å²) in [5.74, 6) is -0.452. The highest BCUT2D eigenvalue weighted by Crippen LogP contribution is 2.19. The molecule has 0 heterocycles. The van der Waals surface area contributed by atoms with Gasteiger partial charge in [-0.2, -0.15) is 0 Å². The van der Waals surface area contributed by atoms with Crippen LogP contribution in [0.4, 0.5) is 0 Å². The molecule has 0 aliphatic rings. The minimum Gasteiger partial charge on any atom is -0.286 e. The van der Waals surface area contributed by atoms with Gasteiger partial charge in [-0.25, -0.2) is 5.06 Å². The maximum Gasteiger partial charge on any atom is 0.269 e. The molecule has 0 unspecified atom stereocenters. The molecule has 0 aliphatic heterocycles. The van der Waals surface area contributed by atoms with Gasteiger partial charge in [-0.1, -0.05) is 54.6 Å². The number of carbonyl (C=O) groups is 1. The van der Waals surface area contributed by atoms with Crippen molar-refractivity contribution in [2.45, 2.75) is 0 Å². The van der Waals surface area contributed by atoms with Crippen LogP contribution in [0.15, 0.2) is 60.7 Å². The first kappa shape index (κ1) is 13.1. The second-order valence-electron chi connectivity index (χ2n) is 4.18. The lowest BCUT2D eigenvalue weighted by atomic mass is 10.0. The Hall–Kier alpha value is -2.39. The SMILES string of the molecule is CN(O)C(=O)C=Cc1ccc(-c2ccccc2)cc1. The van der Waals surface area contributed by atoms with E-state index in [1.165, 1.54) is 13.1 Å². The molecule has 0 fully saturated rings. The van der Waals surface area contributed by atoms with Gasteiger partial charge in [0.2, 0.25) is 0 Å². The van der Waals surface area contributed by atoms with Crippen molar-refractivity contribution in [2.24, 2.45) is 0 Å². The molecular formula is C16H15NO2. The van der Waals surface area contributed by atoms with Crippen molar-refractivity contribution in [3.8, 4) is 11.1 Å². The van der Waals surface area contributed by atoms with Gasteiger partial charge >= 0.3 is 0 Å². The van der Waals surface area contributed by atoms with Crippen molar-refractivity contribution in [2.75, 3.05) is 7.05 Å². The zero-order chi connectivity index (χ0) is 13.7. The van der Waals surface area contributed by atoms with Crippen LogP contribution in [0.3, 0.4) is 0 Å². The van der Waals surface area contributed by atoms with Crippen molar-refractivity contribution in [3.63, 3.8) is 0 Å². The van der Waals surface area contributed by atoms with Gasteiger partial charge in [-0.05, 0) is 22.8 Å². The minimum atomic E-state index is -0.452. The molecule has 2 aromatic rings. The van der Waals surface area contributed by atoms with Crippen molar-refractivity contribution in [1.82, 2.24) is 5.06 Å². The summed E-state index contributed by atoms with van der Waals surface area (Å²) in [6, 6.07) is 18.0. The van der Waals surface area contributed by atoms with E-state index in [9.17, 15) is 4.79 Å². The van der Waals surface area contributed by atoms with Crippen LogP contribution in [0.2, 0.25) is 0 Å². The summed E-state index contributed by atoms with van der Waals surface area (Å²) < 4.78 is 0. The summed E-state index contributed by atoms with van der Waals surface area (Å²) in [5, 5.41) is 9.47. The summed E-state index contributed by atoms with van der Waals surface area (Å²) >= 11 is 0. The molecule has 2 rings (SSSR count). The molecular weight excluding hydrogens is 238 g/mol. The van der Waals surface area contributed by atoms with E-state index in [1.54, 1.807) is 6.08 Å². The first-order chi connectivity index (χ1) is 9.16. The summed E-state index contributed by atoms with van der Waals surface area (Å²) in [6.45, 7) is 0. The maximum absolute atomic E-state index is 11.2. The zero-order valence-electron chi connectivity index (χ0n) is 10.7. The highest BCUT2D eigenvalue weighted by atomic mass is 16.5. The molecule has 1 N–H and O–H groups in total. The van der Waals surface area contributed by atoms with E-state index in [-0.39, 0.29) is 0 Å². The van der Waals surface area contributed by atoms with E-state index in [0.29, 0.717) is 5.06 Å². The Morgan fingerprint density at radius 3 is 2.16 bits per heavy atom. The molecule has 0 saturated heterocycles. The monoisotopic (exact) mass is 253 g/mol. The van der Waals surface area contributed by atoms with Gasteiger partial charge in [-0.15, -0.1) is 0 Å². The fraction of sp³-hybridized carbons (Fsp3) is 0.0625. The Morgan fingerprint density at radius 2 is 1.58 bits per heavy atom. The molecule has 0 saturated carbocycles. The fourth-order valence-corrected chi connectivity index (χ4v) is 1.69. The number of amides is 1. The number of nitrogens with zero attached hydrogens (tertiary/aromatic N) is 1. The normalized spacial score (nSPS) is 10.6. The van der Waals surface area contributed by atoms with Crippen LogP contribution >= 0.6 is 0 Å². The molecule has 0 atom stereocenters. The number of rotatable bonds is 3. The third kappa shape index (κ3) is 3.53. The van der Waals surface area contributed by atoms with Gasteiger partial charge in [0, 0.05) is 13.1 Å². The van der Waals surface area contributed by atoms with E-state index < -0.39 is 5.91 Å². The molecule has 0 spiro atoms. The molecule has 0 bridgehead atoms. The van der Waals surface area contributed by atoms with Crippen LogP contribution in [0.1, 0.15) is 5.56 Å². The van der Waals surface area contributed by atoms with Crippen LogP contribution in [0.25, 0.3) is 17.2 Å². The Balaban J connectivity index is 2.13. The minimum absolute atomic E-state index is 0.452. The van der Waals surface area contributed by atoms with E-state index in [2.05, 4.69) is 12.1 Å². The smallest absolute Gasteiger partial charge is 0.269 e. The molecule has 0 radical (unpaired) electrons. The van der Waals surface area contributed by atoms with E-state index >= 15 is 0 Å². The fourth-order valence-electron chi connectivity index (χ4n) is 1.69. The molecule has 2 aromatic carbocycles. The predicted molar refractivity (Wildman–Crippen MR) is 75.5 cm³/mol. The predicted octanol–water partition coefficient (Wildman–Crippen LogP) is 3.21. The second kappa shape index (κ2) is 5.98. The highest BCUT2D eigenvalue weighted by molar-refractivity contribution is 5.90. The summed E-state index contributed by atoms with van der Waals surface area (Å²) in [5.41, 5.74) is 3.20. The average Bonchev–Trinajstić information content (AvgIpc) is 2.46. The molecule has 19 heavy (non-hydrogen) atoms.